The number of hydrogen-bond donors (Lipinski definition) is 4. The van der Waals surface area contributed by atoms with Crippen molar-refractivity contribution >= 4 is 23.7 Å². The summed E-state index contributed by atoms with van der Waals surface area (Å²) in [5, 5.41) is 20.8. The topological polar surface area (TPSA) is 99.7 Å². The number of esters is 1. The largest absolute Gasteiger partial charge is 0.480 e. The van der Waals surface area contributed by atoms with Crippen LogP contribution in [-0.4, -0.2) is 52.3 Å². The summed E-state index contributed by atoms with van der Waals surface area (Å²) >= 11 is 1.56. The zero-order valence-electron chi connectivity index (χ0n) is 24.4. The molecule has 2 aliphatic heterocycles. The molecular weight excluding hydrogens is 570 g/mol. The first-order chi connectivity index (χ1) is 21.5. The minimum atomic E-state index is -1.06. The SMILES string of the molecule is O=C(O)C(NC(c1ccccc1)(c1ccccc1)c1ccccc1)C1NC(C(=O)OCc2ccccc2)C2(CCNCC2)S1. The molecule has 0 aliphatic carbocycles. The molecule has 0 aromatic heterocycles. The number of piperidine rings is 1. The van der Waals surface area contributed by atoms with Gasteiger partial charge < -0.3 is 15.2 Å². The molecule has 0 amide bonds. The van der Waals surface area contributed by atoms with E-state index in [1.807, 2.05) is 121 Å². The van der Waals surface area contributed by atoms with Crippen LogP contribution in [0.3, 0.4) is 0 Å². The van der Waals surface area contributed by atoms with E-state index in [4.69, 9.17) is 4.74 Å². The van der Waals surface area contributed by atoms with Gasteiger partial charge in [-0.2, -0.15) is 0 Å². The molecule has 226 valence electrons. The number of aliphatic carboxylic acids is 1. The van der Waals surface area contributed by atoms with E-state index in [9.17, 15) is 14.7 Å². The van der Waals surface area contributed by atoms with E-state index in [-0.39, 0.29) is 12.6 Å². The van der Waals surface area contributed by atoms with Crippen molar-refractivity contribution in [3.05, 3.63) is 144 Å². The Kier molecular flexibility index (Phi) is 9.14. The number of nitrogens with one attached hydrogen (secondary N) is 3. The molecule has 0 bridgehead atoms. The van der Waals surface area contributed by atoms with Gasteiger partial charge in [0, 0.05) is 4.75 Å². The van der Waals surface area contributed by atoms with Crippen molar-refractivity contribution in [1.29, 1.82) is 0 Å². The van der Waals surface area contributed by atoms with Gasteiger partial charge in [-0.05, 0) is 48.2 Å². The fourth-order valence-corrected chi connectivity index (χ4v) is 8.27. The van der Waals surface area contributed by atoms with Crippen LogP contribution in [-0.2, 0) is 26.5 Å². The highest BCUT2D eigenvalue weighted by Crippen LogP contribution is 2.47. The molecule has 4 N–H and O–H groups in total. The molecule has 0 radical (unpaired) electrons. The molecule has 2 saturated heterocycles. The molecule has 3 atom stereocenters. The monoisotopic (exact) mass is 607 g/mol. The van der Waals surface area contributed by atoms with Crippen molar-refractivity contribution in [3.8, 4) is 0 Å². The molecule has 6 rings (SSSR count). The zero-order chi connectivity index (χ0) is 30.4. The lowest BCUT2D eigenvalue weighted by atomic mass is 9.76. The maximum Gasteiger partial charge on any atom is 0.324 e. The molecule has 2 heterocycles. The fraction of sp³-hybridized carbons (Fsp3) is 0.278. The van der Waals surface area contributed by atoms with E-state index in [0.29, 0.717) is 0 Å². The lowest BCUT2D eigenvalue weighted by Gasteiger charge is -2.40. The fourth-order valence-electron chi connectivity index (χ4n) is 6.50. The van der Waals surface area contributed by atoms with Crippen LogP contribution in [0, 0.1) is 0 Å². The van der Waals surface area contributed by atoms with E-state index in [1.165, 1.54) is 0 Å². The third kappa shape index (κ3) is 6.03. The molecule has 44 heavy (non-hydrogen) atoms. The van der Waals surface area contributed by atoms with Gasteiger partial charge in [0.2, 0.25) is 0 Å². The van der Waals surface area contributed by atoms with Crippen LogP contribution in [0.2, 0.25) is 0 Å². The highest BCUT2D eigenvalue weighted by Gasteiger charge is 2.56. The molecule has 4 aromatic rings. The Balaban J connectivity index is 1.38. The molecule has 3 unspecified atom stereocenters. The predicted molar refractivity (Wildman–Crippen MR) is 173 cm³/mol. The van der Waals surface area contributed by atoms with E-state index in [2.05, 4.69) is 16.0 Å². The Labute approximate surface area is 262 Å². The lowest BCUT2D eigenvalue weighted by Crippen LogP contribution is -2.59. The van der Waals surface area contributed by atoms with Crippen LogP contribution >= 0.6 is 11.8 Å². The van der Waals surface area contributed by atoms with Gasteiger partial charge in [-0.15, -0.1) is 11.8 Å². The number of carbonyl (C=O) groups excluding carboxylic acids is 1. The van der Waals surface area contributed by atoms with E-state index in [0.717, 1.165) is 48.2 Å². The van der Waals surface area contributed by atoms with Crippen molar-refractivity contribution < 1.29 is 19.4 Å². The van der Waals surface area contributed by atoms with Crippen LogP contribution in [0.25, 0.3) is 0 Å². The first-order valence-electron chi connectivity index (χ1n) is 15.0. The lowest BCUT2D eigenvalue weighted by molar-refractivity contribution is -0.149. The summed E-state index contributed by atoms with van der Waals surface area (Å²) in [6.45, 7) is 1.66. The van der Waals surface area contributed by atoms with Crippen molar-refractivity contribution in [2.75, 3.05) is 13.1 Å². The highest BCUT2D eigenvalue weighted by atomic mass is 32.2. The van der Waals surface area contributed by atoms with Crippen LogP contribution in [0.1, 0.15) is 35.1 Å². The van der Waals surface area contributed by atoms with Crippen molar-refractivity contribution in [2.45, 2.75) is 47.2 Å². The first kappa shape index (κ1) is 30.1. The number of carbonyl (C=O) groups is 2. The minimum absolute atomic E-state index is 0.168. The molecule has 1 spiro atoms. The average Bonchev–Trinajstić information content (AvgIpc) is 3.43. The Bertz CT molecular complexity index is 1440. The second kappa shape index (κ2) is 13.4. The van der Waals surface area contributed by atoms with Gasteiger partial charge in [0.1, 0.15) is 18.7 Å². The molecule has 7 nitrogen and oxygen atoms in total. The zero-order valence-corrected chi connectivity index (χ0v) is 25.2. The minimum Gasteiger partial charge on any atom is -0.480 e. The Morgan fingerprint density at radius 3 is 1.77 bits per heavy atom. The van der Waals surface area contributed by atoms with Crippen LogP contribution in [0.5, 0.6) is 0 Å². The van der Waals surface area contributed by atoms with Gasteiger partial charge in [-0.25, -0.2) is 0 Å². The van der Waals surface area contributed by atoms with Gasteiger partial charge in [-0.3, -0.25) is 20.2 Å². The van der Waals surface area contributed by atoms with Gasteiger partial charge >= 0.3 is 11.9 Å². The van der Waals surface area contributed by atoms with Crippen LogP contribution in [0.15, 0.2) is 121 Å². The molecule has 8 heteroatoms. The molecular formula is C36H37N3O4S. The summed E-state index contributed by atoms with van der Waals surface area (Å²) in [6.07, 6.45) is 1.44. The molecule has 2 aliphatic rings. The van der Waals surface area contributed by atoms with Crippen molar-refractivity contribution in [3.63, 3.8) is 0 Å². The second-order valence-electron chi connectivity index (χ2n) is 11.4. The average molecular weight is 608 g/mol. The van der Waals surface area contributed by atoms with E-state index in [1.54, 1.807) is 11.8 Å². The molecule has 2 fully saturated rings. The van der Waals surface area contributed by atoms with Gasteiger partial charge in [0.15, 0.2) is 0 Å². The predicted octanol–water partition coefficient (Wildman–Crippen LogP) is 4.92. The van der Waals surface area contributed by atoms with Gasteiger partial charge in [0.05, 0.1) is 10.9 Å². The third-order valence-electron chi connectivity index (χ3n) is 8.69. The normalized spacial score (nSPS) is 20.2. The maximum atomic E-state index is 13.7. The summed E-state index contributed by atoms with van der Waals surface area (Å²) in [7, 11) is 0. The molecule has 0 saturated carbocycles. The summed E-state index contributed by atoms with van der Waals surface area (Å²) in [6, 6.07) is 37.8. The quantitative estimate of drug-likeness (QED) is 0.149. The number of ether oxygens (including phenoxy) is 1. The smallest absolute Gasteiger partial charge is 0.324 e. The summed E-state index contributed by atoms with van der Waals surface area (Å²) in [5.41, 5.74) is 2.68. The summed E-state index contributed by atoms with van der Waals surface area (Å²) in [4.78, 5) is 27.0. The van der Waals surface area contributed by atoms with Crippen molar-refractivity contribution in [1.82, 2.24) is 16.0 Å². The van der Waals surface area contributed by atoms with Crippen LogP contribution in [0.4, 0.5) is 0 Å². The second-order valence-corrected chi connectivity index (χ2v) is 12.9. The number of rotatable bonds is 10. The van der Waals surface area contributed by atoms with E-state index >= 15 is 0 Å². The Morgan fingerprint density at radius 1 is 0.818 bits per heavy atom. The van der Waals surface area contributed by atoms with Crippen LogP contribution < -0.4 is 16.0 Å². The Hall–Kier alpha value is -3.95. The number of carboxylic acid groups (broad SMARTS) is 1. The summed E-state index contributed by atoms with van der Waals surface area (Å²) in [5.74, 6) is -1.35. The highest BCUT2D eigenvalue weighted by molar-refractivity contribution is 8.01. The number of hydrogen-bond acceptors (Lipinski definition) is 7. The number of carboxylic acids is 1. The maximum absolute atomic E-state index is 13.7. The van der Waals surface area contributed by atoms with Gasteiger partial charge in [0.25, 0.3) is 0 Å². The number of benzene rings is 4. The first-order valence-corrected chi connectivity index (χ1v) is 15.9. The third-order valence-corrected chi connectivity index (χ3v) is 10.5. The van der Waals surface area contributed by atoms with Gasteiger partial charge in [-0.1, -0.05) is 121 Å². The Morgan fingerprint density at radius 2 is 1.30 bits per heavy atom. The molecule has 4 aromatic carbocycles. The van der Waals surface area contributed by atoms with E-state index < -0.39 is 33.7 Å². The van der Waals surface area contributed by atoms with Crippen molar-refractivity contribution in [2.24, 2.45) is 0 Å². The summed E-state index contributed by atoms with van der Waals surface area (Å²) < 4.78 is 5.34. The standard InChI is InChI=1S/C36H37N3O4S/c40-33(41)30(32-38-31(35(44-32)21-23-37-24-22-35)34(42)43-25-26-13-5-1-6-14-26)39-36(27-15-7-2-8-16-27,28-17-9-3-10-18-28)29-19-11-4-12-20-29/h1-20,30-32,37-39H,21-25H2,(H,40,41). The number of thioether (sulfide) groups is 1.